The minimum Gasteiger partial charge on any atom is -0.478 e. The second kappa shape index (κ2) is 13.9. The number of nitrogens with zero attached hydrogens (tertiary/aromatic N) is 2. The smallest absolute Gasteiger partial charge is 0.417 e. The number of hydrogen-bond acceptors (Lipinski definition) is 7. The SMILES string of the molecule is CC(C(=O)O[C@@H](CNCCCOc1ccc(C(F)(F)F)cn1)C1CCCCC1)(c1cccs1)N1CCCCC1. The number of pyridine rings is 1. The van der Waals surface area contributed by atoms with Crippen LogP contribution in [-0.4, -0.2) is 54.7 Å². The molecule has 39 heavy (non-hydrogen) atoms. The van der Waals surface area contributed by atoms with Crippen LogP contribution in [0.15, 0.2) is 35.8 Å². The van der Waals surface area contributed by atoms with Crippen LogP contribution in [0.1, 0.15) is 75.2 Å². The molecule has 2 aliphatic rings. The van der Waals surface area contributed by atoms with Crippen molar-refractivity contribution >= 4 is 17.3 Å². The van der Waals surface area contributed by atoms with Crippen molar-refractivity contribution in [2.24, 2.45) is 5.92 Å². The minimum atomic E-state index is -4.41. The van der Waals surface area contributed by atoms with Crippen molar-refractivity contribution in [2.45, 2.75) is 82.5 Å². The van der Waals surface area contributed by atoms with Gasteiger partial charge in [-0.25, -0.2) is 9.78 Å². The van der Waals surface area contributed by atoms with Gasteiger partial charge in [-0.1, -0.05) is 31.7 Å². The molecule has 0 radical (unpaired) electrons. The lowest BCUT2D eigenvalue weighted by molar-refractivity contribution is -0.168. The fraction of sp³-hybridized carbons (Fsp3) is 0.655. The fourth-order valence-corrected chi connectivity index (χ4v) is 6.50. The van der Waals surface area contributed by atoms with Crippen molar-refractivity contribution in [3.05, 3.63) is 46.3 Å². The summed E-state index contributed by atoms with van der Waals surface area (Å²) in [5, 5.41) is 5.45. The van der Waals surface area contributed by atoms with Gasteiger partial charge in [0.2, 0.25) is 5.88 Å². The largest absolute Gasteiger partial charge is 0.478 e. The number of thiophene rings is 1. The Morgan fingerprint density at radius 1 is 1.13 bits per heavy atom. The van der Waals surface area contributed by atoms with Crippen LogP contribution in [0, 0.1) is 5.92 Å². The average molecular weight is 568 g/mol. The topological polar surface area (TPSA) is 63.7 Å². The number of nitrogens with one attached hydrogen (secondary N) is 1. The number of likely N-dealkylation sites (tertiary alicyclic amines) is 1. The van der Waals surface area contributed by atoms with Gasteiger partial charge in [-0.3, -0.25) is 4.90 Å². The molecule has 0 bridgehead atoms. The van der Waals surface area contributed by atoms with Gasteiger partial charge < -0.3 is 14.8 Å². The van der Waals surface area contributed by atoms with Crippen LogP contribution in [-0.2, 0) is 21.2 Å². The second-order valence-electron chi connectivity index (χ2n) is 10.7. The van der Waals surface area contributed by atoms with Crippen LogP contribution in [0.4, 0.5) is 13.2 Å². The van der Waals surface area contributed by atoms with Crippen LogP contribution in [0.5, 0.6) is 5.88 Å². The van der Waals surface area contributed by atoms with Gasteiger partial charge in [0.05, 0.1) is 12.2 Å². The third kappa shape index (κ3) is 7.95. The Morgan fingerprint density at radius 3 is 2.51 bits per heavy atom. The molecule has 0 amide bonds. The quantitative estimate of drug-likeness (QED) is 0.236. The minimum absolute atomic E-state index is 0.166. The van der Waals surface area contributed by atoms with Crippen molar-refractivity contribution in [1.82, 2.24) is 15.2 Å². The van der Waals surface area contributed by atoms with E-state index in [1.54, 1.807) is 11.3 Å². The molecular formula is C29H40F3N3O3S. The second-order valence-corrected chi connectivity index (χ2v) is 11.7. The summed E-state index contributed by atoms with van der Waals surface area (Å²) in [6.45, 7) is 5.33. The van der Waals surface area contributed by atoms with E-state index in [0.29, 0.717) is 32.0 Å². The summed E-state index contributed by atoms with van der Waals surface area (Å²) in [4.78, 5) is 21.0. The first-order valence-corrected chi connectivity index (χ1v) is 15.0. The Hall–Kier alpha value is -2.17. The molecule has 2 fully saturated rings. The van der Waals surface area contributed by atoms with Crippen molar-refractivity contribution in [1.29, 1.82) is 0 Å². The van der Waals surface area contributed by atoms with E-state index in [1.807, 2.05) is 24.4 Å². The third-order valence-corrected chi connectivity index (χ3v) is 9.06. The van der Waals surface area contributed by atoms with Gasteiger partial charge in [0, 0.05) is 23.7 Å². The van der Waals surface area contributed by atoms with E-state index in [0.717, 1.165) is 68.8 Å². The molecule has 10 heteroatoms. The number of rotatable bonds is 12. The summed E-state index contributed by atoms with van der Waals surface area (Å²) in [7, 11) is 0. The van der Waals surface area contributed by atoms with Gasteiger partial charge in [-0.2, -0.15) is 13.2 Å². The van der Waals surface area contributed by atoms with E-state index in [2.05, 4.69) is 15.2 Å². The van der Waals surface area contributed by atoms with Crippen LogP contribution in [0.25, 0.3) is 0 Å². The number of halogens is 3. The zero-order valence-corrected chi connectivity index (χ0v) is 23.5. The first kappa shape index (κ1) is 29.8. The molecule has 3 heterocycles. The lowest BCUT2D eigenvalue weighted by atomic mass is 9.85. The third-order valence-electron chi connectivity index (χ3n) is 7.98. The molecule has 216 valence electrons. The monoisotopic (exact) mass is 567 g/mol. The molecule has 6 nitrogen and oxygen atoms in total. The Labute approximate surface area is 233 Å². The summed E-state index contributed by atoms with van der Waals surface area (Å²) in [6, 6.07) is 6.25. The number of alkyl halides is 3. The van der Waals surface area contributed by atoms with E-state index >= 15 is 0 Å². The number of carbonyl (C=O) groups is 1. The molecule has 2 atom stereocenters. The van der Waals surface area contributed by atoms with Gasteiger partial charge in [-0.05, 0) is 82.1 Å². The predicted octanol–water partition coefficient (Wildman–Crippen LogP) is 6.41. The number of esters is 1. The highest BCUT2D eigenvalue weighted by Crippen LogP contribution is 2.37. The highest BCUT2D eigenvalue weighted by Gasteiger charge is 2.45. The summed E-state index contributed by atoms with van der Waals surface area (Å²) in [5.74, 6) is 0.334. The molecule has 2 aromatic rings. The van der Waals surface area contributed by atoms with Crippen molar-refractivity contribution in [3.8, 4) is 5.88 Å². The van der Waals surface area contributed by atoms with E-state index in [4.69, 9.17) is 9.47 Å². The Kier molecular flexibility index (Phi) is 10.7. The molecular weight excluding hydrogens is 527 g/mol. The van der Waals surface area contributed by atoms with E-state index < -0.39 is 17.3 Å². The molecule has 1 saturated heterocycles. The predicted molar refractivity (Wildman–Crippen MR) is 146 cm³/mol. The van der Waals surface area contributed by atoms with Gasteiger partial charge in [0.1, 0.15) is 6.10 Å². The summed E-state index contributed by atoms with van der Waals surface area (Å²) in [6.07, 6.45) is 5.82. The van der Waals surface area contributed by atoms with E-state index in [1.165, 1.54) is 18.9 Å². The lowest BCUT2D eigenvalue weighted by Gasteiger charge is -2.42. The molecule has 1 saturated carbocycles. The molecule has 2 aromatic heterocycles. The lowest BCUT2D eigenvalue weighted by Crippen LogP contribution is -2.54. The molecule has 0 aromatic carbocycles. The Bertz CT molecular complexity index is 1010. The standard InChI is InChI=1S/C29H40F3N3O3S/c1-28(25-12-8-19-39-25,35-16-6-3-7-17-35)27(36)38-24(22-10-4-2-5-11-22)21-33-15-9-18-37-26-14-13-23(20-34-26)29(30,31)32/h8,12-14,19-20,22,24,33H,2-7,9-11,15-18,21H2,1H3/t24-,28?/m0/s1. The number of carbonyl (C=O) groups excluding carboxylic acids is 1. The highest BCUT2D eigenvalue weighted by molar-refractivity contribution is 7.10. The van der Waals surface area contributed by atoms with Gasteiger partial charge in [0.15, 0.2) is 5.54 Å². The number of piperidine rings is 1. The molecule has 1 N–H and O–H groups in total. The van der Waals surface area contributed by atoms with Crippen molar-refractivity contribution < 1.29 is 27.4 Å². The van der Waals surface area contributed by atoms with Crippen LogP contribution < -0.4 is 10.1 Å². The summed E-state index contributed by atoms with van der Waals surface area (Å²) in [5.41, 5.74) is -1.58. The van der Waals surface area contributed by atoms with Gasteiger partial charge in [-0.15, -0.1) is 11.3 Å². The number of hydrogen-bond donors (Lipinski definition) is 1. The van der Waals surface area contributed by atoms with E-state index in [-0.39, 0.29) is 18.0 Å². The first-order chi connectivity index (χ1) is 18.8. The number of ether oxygens (including phenoxy) is 2. The van der Waals surface area contributed by atoms with Gasteiger partial charge >= 0.3 is 12.1 Å². The Balaban J connectivity index is 1.31. The highest BCUT2D eigenvalue weighted by atomic mass is 32.1. The van der Waals surface area contributed by atoms with Crippen molar-refractivity contribution in [2.75, 3.05) is 32.8 Å². The van der Waals surface area contributed by atoms with Crippen LogP contribution >= 0.6 is 11.3 Å². The van der Waals surface area contributed by atoms with Crippen LogP contribution in [0.3, 0.4) is 0 Å². The van der Waals surface area contributed by atoms with E-state index in [9.17, 15) is 18.0 Å². The molecule has 4 rings (SSSR count). The zero-order chi connectivity index (χ0) is 27.7. The molecule has 1 aliphatic carbocycles. The molecule has 1 aliphatic heterocycles. The summed E-state index contributed by atoms with van der Waals surface area (Å²) < 4.78 is 50.0. The molecule has 0 spiro atoms. The maximum Gasteiger partial charge on any atom is 0.417 e. The Morgan fingerprint density at radius 2 is 1.87 bits per heavy atom. The van der Waals surface area contributed by atoms with Crippen molar-refractivity contribution in [3.63, 3.8) is 0 Å². The average Bonchev–Trinajstić information content (AvgIpc) is 3.50. The maximum absolute atomic E-state index is 13.9. The van der Waals surface area contributed by atoms with Gasteiger partial charge in [0.25, 0.3) is 0 Å². The maximum atomic E-state index is 13.9. The normalized spacial score (nSPS) is 19.8. The zero-order valence-electron chi connectivity index (χ0n) is 22.7. The fourth-order valence-electron chi connectivity index (χ4n) is 5.60. The number of aromatic nitrogens is 1. The molecule has 1 unspecified atom stereocenters. The first-order valence-electron chi connectivity index (χ1n) is 14.2. The summed E-state index contributed by atoms with van der Waals surface area (Å²) >= 11 is 1.61. The van der Waals surface area contributed by atoms with Crippen LogP contribution in [0.2, 0.25) is 0 Å².